The lowest BCUT2D eigenvalue weighted by atomic mass is 9.95. The van der Waals surface area contributed by atoms with Gasteiger partial charge < -0.3 is 10.5 Å². The van der Waals surface area contributed by atoms with Gasteiger partial charge in [-0.25, -0.2) is 0 Å². The minimum Gasteiger partial charge on any atom is -0.493 e. The first-order valence-corrected chi connectivity index (χ1v) is 7.29. The molecule has 1 unspecified atom stereocenters. The lowest BCUT2D eigenvalue weighted by Gasteiger charge is -2.20. The van der Waals surface area contributed by atoms with Crippen LogP contribution in [0.5, 0.6) is 5.75 Å². The van der Waals surface area contributed by atoms with Crippen molar-refractivity contribution in [1.82, 2.24) is 0 Å². The Morgan fingerprint density at radius 1 is 1.15 bits per heavy atom. The largest absolute Gasteiger partial charge is 0.493 e. The number of aryl methyl sites for hydroxylation is 2. The molecule has 0 fully saturated rings. The third-order valence-corrected chi connectivity index (χ3v) is 3.93. The predicted octanol–water partition coefficient (Wildman–Crippen LogP) is 4.02. The summed E-state index contributed by atoms with van der Waals surface area (Å²) < 4.78 is 5.64. The molecule has 2 nitrogen and oxygen atoms in total. The highest BCUT2D eigenvalue weighted by Crippen LogP contribution is 2.30. The smallest absolute Gasteiger partial charge is 0.122 e. The molecule has 0 saturated carbocycles. The average Bonchev–Trinajstić information content (AvgIpc) is 2.45. The summed E-state index contributed by atoms with van der Waals surface area (Å²) in [5, 5.41) is 0.733. The highest BCUT2D eigenvalue weighted by atomic mass is 35.5. The number of halogens is 1. The number of hydrogen-bond donors (Lipinski definition) is 1. The second-order valence-electron chi connectivity index (χ2n) is 5.36. The van der Waals surface area contributed by atoms with E-state index in [9.17, 15) is 0 Å². The van der Waals surface area contributed by atoms with Gasteiger partial charge in [-0.15, -0.1) is 0 Å². The summed E-state index contributed by atoms with van der Waals surface area (Å²) in [5.74, 6) is 0.995. The number of nitrogens with two attached hydrogens (primary N) is 1. The summed E-state index contributed by atoms with van der Waals surface area (Å²) in [4.78, 5) is 0. The molecule has 104 valence electrons. The maximum atomic E-state index is 6.39. The Balaban J connectivity index is 1.95. The standard InChI is InChI=1S/C17H18ClNO/c1-11-7-14(10-15(18)8-11)17(19)13-4-5-16-12(9-13)3-2-6-20-16/h4-5,7-10,17H,2-3,6,19H2,1H3. The van der Waals surface area contributed by atoms with E-state index in [-0.39, 0.29) is 6.04 Å². The van der Waals surface area contributed by atoms with Crippen LogP contribution in [0.2, 0.25) is 5.02 Å². The second-order valence-corrected chi connectivity index (χ2v) is 5.80. The molecular weight excluding hydrogens is 270 g/mol. The van der Waals surface area contributed by atoms with Gasteiger partial charge in [0, 0.05) is 5.02 Å². The second kappa shape index (κ2) is 5.47. The third-order valence-electron chi connectivity index (χ3n) is 3.72. The first kappa shape index (κ1) is 13.5. The van der Waals surface area contributed by atoms with Crippen LogP contribution in [0.15, 0.2) is 36.4 Å². The Morgan fingerprint density at radius 2 is 2.00 bits per heavy atom. The highest BCUT2D eigenvalue weighted by molar-refractivity contribution is 6.30. The van der Waals surface area contributed by atoms with Crippen LogP contribution < -0.4 is 10.5 Å². The minimum atomic E-state index is -0.153. The fourth-order valence-electron chi connectivity index (χ4n) is 2.71. The zero-order chi connectivity index (χ0) is 14.1. The van der Waals surface area contributed by atoms with Gasteiger partial charge in [-0.1, -0.05) is 29.8 Å². The van der Waals surface area contributed by atoms with Crippen LogP contribution in [-0.4, -0.2) is 6.61 Å². The summed E-state index contributed by atoms with van der Waals surface area (Å²) in [5.41, 5.74) is 10.9. The number of fused-ring (bicyclic) bond motifs is 1. The fraction of sp³-hybridized carbons (Fsp3) is 0.294. The monoisotopic (exact) mass is 287 g/mol. The molecule has 0 aliphatic carbocycles. The molecule has 0 saturated heterocycles. The zero-order valence-corrected chi connectivity index (χ0v) is 12.3. The van der Waals surface area contributed by atoms with Gasteiger partial charge in [-0.05, 0) is 60.2 Å². The van der Waals surface area contributed by atoms with Crippen LogP contribution >= 0.6 is 11.6 Å². The van der Waals surface area contributed by atoms with E-state index in [2.05, 4.69) is 12.1 Å². The average molecular weight is 288 g/mol. The van der Waals surface area contributed by atoms with Gasteiger partial charge >= 0.3 is 0 Å². The van der Waals surface area contributed by atoms with E-state index in [0.29, 0.717) is 0 Å². The van der Waals surface area contributed by atoms with E-state index in [1.54, 1.807) is 0 Å². The summed E-state index contributed by atoms with van der Waals surface area (Å²) in [6.07, 6.45) is 2.13. The molecule has 1 atom stereocenters. The highest BCUT2D eigenvalue weighted by Gasteiger charge is 2.15. The summed E-state index contributed by atoms with van der Waals surface area (Å²) in [7, 11) is 0. The molecule has 0 aromatic heterocycles. The molecular formula is C17H18ClNO. The number of hydrogen-bond acceptors (Lipinski definition) is 2. The molecule has 3 heteroatoms. The van der Waals surface area contributed by atoms with Crippen LogP contribution in [0.4, 0.5) is 0 Å². The van der Waals surface area contributed by atoms with Gasteiger partial charge in [0.25, 0.3) is 0 Å². The van der Waals surface area contributed by atoms with E-state index in [0.717, 1.165) is 46.9 Å². The van der Waals surface area contributed by atoms with Crippen molar-refractivity contribution in [2.75, 3.05) is 6.61 Å². The zero-order valence-electron chi connectivity index (χ0n) is 11.5. The van der Waals surface area contributed by atoms with Crippen molar-refractivity contribution in [2.45, 2.75) is 25.8 Å². The fourth-order valence-corrected chi connectivity index (χ4v) is 3.01. The van der Waals surface area contributed by atoms with Gasteiger partial charge in [0.05, 0.1) is 12.6 Å². The molecule has 1 aliphatic rings. The first-order chi connectivity index (χ1) is 9.63. The van der Waals surface area contributed by atoms with Gasteiger partial charge in [0.1, 0.15) is 5.75 Å². The van der Waals surface area contributed by atoms with Gasteiger partial charge in [-0.3, -0.25) is 0 Å². The van der Waals surface area contributed by atoms with E-state index in [1.807, 2.05) is 31.2 Å². The van der Waals surface area contributed by atoms with Crippen molar-refractivity contribution in [2.24, 2.45) is 5.73 Å². The molecule has 0 spiro atoms. The van der Waals surface area contributed by atoms with Crippen molar-refractivity contribution in [1.29, 1.82) is 0 Å². The van der Waals surface area contributed by atoms with Crippen LogP contribution in [-0.2, 0) is 6.42 Å². The quantitative estimate of drug-likeness (QED) is 0.905. The van der Waals surface area contributed by atoms with Crippen LogP contribution in [0.25, 0.3) is 0 Å². The Hall–Kier alpha value is -1.51. The van der Waals surface area contributed by atoms with E-state index >= 15 is 0 Å². The molecule has 2 N–H and O–H groups in total. The van der Waals surface area contributed by atoms with Gasteiger partial charge in [-0.2, -0.15) is 0 Å². The van der Waals surface area contributed by atoms with Crippen molar-refractivity contribution < 1.29 is 4.74 Å². The molecule has 20 heavy (non-hydrogen) atoms. The summed E-state index contributed by atoms with van der Waals surface area (Å²) in [6.45, 7) is 2.84. The predicted molar refractivity (Wildman–Crippen MR) is 82.5 cm³/mol. The normalized spacial score (nSPS) is 15.3. The van der Waals surface area contributed by atoms with E-state index in [4.69, 9.17) is 22.1 Å². The number of rotatable bonds is 2. The number of ether oxygens (including phenoxy) is 1. The van der Waals surface area contributed by atoms with Crippen LogP contribution in [0, 0.1) is 6.92 Å². The third kappa shape index (κ3) is 2.67. The van der Waals surface area contributed by atoms with Crippen molar-refractivity contribution >= 4 is 11.6 Å². The van der Waals surface area contributed by atoms with E-state index in [1.165, 1.54) is 5.56 Å². The van der Waals surface area contributed by atoms with Gasteiger partial charge in [0.15, 0.2) is 0 Å². The number of benzene rings is 2. The lowest BCUT2D eigenvalue weighted by Crippen LogP contribution is -2.14. The SMILES string of the molecule is Cc1cc(Cl)cc(C(N)c2ccc3c(c2)CCCO3)c1. The van der Waals surface area contributed by atoms with Crippen molar-refractivity contribution in [3.05, 3.63) is 63.7 Å². The molecule has 0 radical (unpaired) electrons. The van der Waals surface area contributed by atoms with Gasteiger partial charge in [0.2, 0.25) is 0 Å². The topological polar surface area (TPSA) is 35.2 Å². The molecule has 0 bridgehead atoms. The maximum Gasteiger partial charge on any atom is 0.122 e. The Kier molecular flexibility index (Phi) is 3.68. The molecule has 2 aromatic rings. The van der Waals surface area contributed by atoms with Crippen molar-refractivity contribution in [3.8, 4) is 5.75 Å². The van der Waals surface area contributed by atoms with Crippen LogP contribution in [0.1, 0.15) is 34.7 Å². The minimum absolute atomic E-state index is 0.153. The van der Waals surface area contributed by atoms with Crippen molar-refractivity contribution in [3.63, 3.8) is 0 Å². The molecule has 0 amide bonds. The first-order valence-electron chi connectivity index (χ1n) is 6.92. The Morgan fingerprint density at radius 3 is 2.80 bits per heavy atom. The lowest BCUT2D eigenvalue weighted by molar-refractivity contribution is 0.288. The molecule has 2 aromatic carbocycles. The maximum absolute atomic E-state index is 6.39. The van der Waals surface area contributed by atoms with E-state index < -0.39 is 0 Å². The molecule has 1 aliphatic heterocycles. The van der Waals surface area contributed by atoms with Crippen LogP contribution in [0.3, 0.4) is 0 Å². The molecule has 1 heterocycles. The Bertz CT molecular complexity index is 619. The molecule has 3 rings (SSSR count). The Labute approximate surface area is 124 Å². The summed E-state index contributed by atoms with van der Waals surface area (Å²) >= 11 is 6.12. The summed E-state index contributed by atoms with van der Waals surface area (Å²) in [6, 6.07) is 12.1.